The zero-order chi connectivity index (χ0) is 14.1. The topological polar surface area (TPSA) is 46.6 Å². The van der Waals surface area contributed by atoms with Gasteiger partial charge in [-0.25, -0.2) is 9.69 Å². The van der Waals surface area contributed by atoms with E-state index < -0.39 is 6.09 Å². The quantitative estimate of drug-likeness (QED) is 0.523. The summed E-state index contributed by atoms with van der Waals surface area (Å²) in [7, 11) is 0. The predicted octanol–water partition coefficient (Wildman–Crippen LogP) is 3.43. The van der Waals surface area contributed by atoms with Gasteiger partial charge in [-0.15, -0.1) is 5.73 Å². The van der Waals surface area contributed by atoms with E-state index in [4.69, 9.17) is 4.74 Å². The van der Waals surface area contributed by atoms with Gasteiger partial charge in [-0.2, -0.15) is 0 Å². The molecule has 0 bridgehead atoms. The molecule has 0 spiro atoms. The molecule has 1 heterocycles. The lowest BCUT2D eigenvalue weighted by Gasteiger charge is -2.07. The van der Waals surface area contributed by atoms with E-state index in [2.05, 4.69) is 12.7 Å². The van der Waals surface area contributed by atoms with Crippen LogP contribution < -0.4 is 0 Å². The van der Waals surface area contributed by atoms with Crippen LogP contribution in [0.4, 0.5) is 4.79 Å². The molecule has 19 heavy (non-hydrogen) atoms. The molecule has 0 aromatic rings. The number of amides is 2. The van der Waals surface area contributed by atoms with Gasteiger partial charge in [-0.1, -0.05) is 26.2 Å². The number of imide groups is 1. The fourth-order valence-electron chi connectivity index (χ4n) is 1.93. The number of cyclic esters (lactones) is 1. The van der Waals surface area contributed by atoms with Crippen LogP contribution >= 0.6 is 0 Å². The van der Waals surface area contributed by atoms with Crippen LogP contribution in [0.15, 0.2) is 17.4 Å². The molecule has 1 aliphatic heterocycles. The van der Waals surface area contributed by atoms with Crippen molar-refractivity contribution >= 4 is 12.0 Å². The van der Waals surface area contributed by atoms with E-state index in [-0.39, 0.29) is 12.3 Å². The van der Waals surface area contributed by atoms with Gasteiger partial charge in [0.15, 0.2) is 0 Å². The average Bonchev–Trinajstić information content (AvgIpc) is 2.81. The zero-order valence-corrected chi connectivity index (χ0v) is 11.9. The van der Waals surface area contributed by atoms with Crippen molar-refractivity contribution in [2.24, 2.45) is 0 Å². The lowest BCUT2D eigenvalue weighted by Crippen LogP contribution is -2.30. The molecular weight excluding hydrogens is 242 g/mol. The number of carbonyl (C=O) groups excluding carboxylic acids is 2. The first-order valence-electron chi connectivity index (χ1n) is 7.03. The van der Waals surface area contributed by atoms with Crippen LogP contribution in [0.3, 0.4) is 0 Å². The predicted molar refractivity (Wildman–Crippen MR) is 73.7 cm³/mol. The van der Waals surface area contributed by atoms with Crippen molar-refractivity contribution in [2.45, 2.75) is 52.4 Å². The van der Waals surface area contributed by atoms with Gasteiger partial charge in [0.2, 0.25) is 5.91 Å². The molecule has 0 saturated carbocycles. The fraction of sp³-hybridized carbons (Fsp3) is 0.667. The van der Waals surface area contributed by atoms with E-state index in [0.717, 1.165) is 16.9 Å². The highest BCUT2D eigenvalue weighted by Crippen LogP contribution is 2.09. The van der Waals surface area contributed by atoms with Crippen LogP contribution in [0.1, 0.15) is 52.4 Å². The normalized spacial score (nSPS) is 14.0. The second-order valence-corrected chi connectivity index (χ2v) is 4.80. The van der Waals surface area contributed by atoms with Gasteiger partial charge in [0, 0.05) is 0 Å². The van der Waals surface area contributed by atoms with Crippen LogP contribution in [0.25, 0.3) is 0 Å². The summed E-state index contributed by atoms with van der Waals surface area (Å²) in [6, 6.07) is 0. The van der Waals surface area contributed by atoms with Crippen LogP contribution in [0, 0.1) is 0 Å². The molecule has 0 N–H and O–H groups in total. The minimum atomic E-state index is -0.529. The first-order chi connectivity index (χ1) is 9.15. The third kappa shape index (κ3) is 5.75. The van der Waals surface area contributed by atoms with E-state index in [1.807, 2.05) is 6.92 Å². The molecule has 4 nitrogen and oxygen atoms in total. The lowest BCUT2D eigenvalue weighted by atomic mass is 10.1. The van der Waals surface area contributed by atoms with Crippen molar-refractivity contribution in [1.82, 2.24) is 4.90 Å². The van der Waals surface area contributed by atoms with E-state index >= 15 is 0 Å². The Morgan fingerprint density at radius 3 is 2.84 bits per heavy atom. The summed E-state index contributed by atoms with van der Waals surface area (Å²) in [6.45, 7) is 4.89. The summed E-state index contributed by atoms with van der Waals surface area (Å²) in [5, 5.41) is 0. The Morgan fingerprint density at radius 1 is 1.42 bits per heavy atom. The molecule has 0 aliphatic carbocycles. The SMILES string of the molecule is CCCCCCC(C)=C=CCC(=O)N1CCOC1=O. The fourth-order valence-corrected chi connectivity index (χ4v) is 1.93. The van der Waals surface area contributed by atoms with Crippen molar-refractivity contribution in [2.75, 3.05) is 13.2 Å². The maximum Gasteiger partial charge on any atom is 0.416 e. The smallest absolute Gasteiger partial charge is 0.416 e. The van der Waals surface area contributed by atoms with Crippen molar-refractivity contribution in [3.05, 3.63) is 17.4 Å². The Kier molecular flexibility index (Phi) is 6.98. The lowest BCUT2D eigenvalue weighted by molar-refractivity contribution is -0.126. The van der Waals surface area contributed by atoms with Gasteiger partial charge < -0.3 is 4.74 Å². The third-order valence-corrected chi connectivity index (χ3v) is 3.09. The van der Waals surface area contributed by atoms with Gasteiger partial charge in [0.25, 0.3) is 0 Å². The van der Waals surface area contributed by atoms with Crippen LogP contribution in [-0.4, -0.2) is 30.1 Å². The Hall–Kier alpha value is -1.54. The minimum absolute atomic E-state index is 0.210. The van der Waals surface area contributed by atoms with E-state index in [1.54, 1.807) is 6.08 Å². The Labute approximate surface area is 115 Å². The largest absolute Gasteiger partial charge is 0.447 e. The summed E-state index contributed by atoms with van der Waals surface area (Å²) in [4.78, 5) is 24.0. The Morgan fingerprint density at radius 2 is 2.21 bits per heavy atom. The van der Waals surface area contributed by atoms with Gasteiger partial charge in [-0.3, -0.25) is 4.79 Å². The second kappa shape index (κ2) is 8.54. The molecule has 0 atom stereocenters. The number of nitrogens with zero attached hydrogens (tertiary/aromatic N) is 1. The summed E-state index contributed by atoms with van der Waals surface area (Å²) >= 11 is 0. The Balaban J connectivity index is 2.30. The van der Waals surface area contributed by atoms with Crippen molar-refractivity contribution in [3.63, 3.8) is 0 Å². The molecule has 1 aliphatic rings. The number of hydrogen-bond acceptors (Lipinski definition) is 3. The van der Waals surface area contributed by atoms with Crippen LogP contribution in [0.2, 0.25) is 0 Å². The molecule has 1 fully saturated rings. The maximum absolute atomic E-state index is 11.7. The summed E-state index contributed by atoms with van der Waals surface area (Å²) in [5.41, 5.74) is 4.28. The highest BCUT2D eigenvalue weighted by atomic mass is 16.6. The third-order valence-electron chi connectivity index (χ3n) is 3.09. The van der Waals surface area contributed by atoms with Crippen molar-refractivity contribution in [3.8, 4) is 0 Å². The molecule has 0 aromatic carbocycles. The molecule has 1 rings (SSSR count). The highest BCUT2D eigenvalue weighted by Gasteiger charge is 2.27. The van der Waals surface area contributed by atoms with Crippen LogP contribution in [-0.2, 0) is 9.53 Å². The molecule has 0 aromatic heterocycles. The van der Waals surface area contributed by atoms with Gasteiger partial charge in [-0.05, 0) is 31.4 Å². The van der Waals surface area contributed by atoms with E-state index in [1.165, 1.54) is 25.7 Å². The van der Waals surface area contributed by atoms with Crippen molar-refractivity contribution < 1.29 is 14.3 Å². The molecule has 4 heteroatoms. The molecule has 1 saturated heterocycles. The number of rotatable bonds is 7. The second-order valence-electron chi connectivity index (χ2n) is 4.80. The molecule has 2 amide bonds. The van der Waals surface area contributed by atoms with Gasteiger partial charge >= 0.3 is 6.09 Å². The first kappa shape index (κ1) is 15.5. The molecule has 106 valence electrons. The summed E-state index contributed by atoms with van der Waals surface area (Å²) < 4.78 is 4.72. The molecule has 0 radical (unpaired) electrons. The van der Waals surface area contributed by atoms with Crippen molar-refractivity contribution in [1.29, 1.82) is 0 Å². The number of unbranched alkanes of at least 4 members (excludes halogenated alkanes) is 3. The van der Waals surface area contributed by atoms with E-state index in [9.17, 15) is 9.59 Å². The van der Waals surface area contributed by atoms with Gasteiger partial charge in [0.1, 0.15) is 6.61 Å². The molecule has 0 unspecified atom stereocenters. The summed E-state index contributed by atoms with van der Waals surface area (Å²) in [5.74, 6) is -0.214. The maximum atomic E-state index is 11.7. The zero-order valence-electron chi connectivity index (χ0n) is 11.9. The van der Waals surface area contributed by atoms with Crippen LogP contribution in [0.5, 0.6) is 0 Å². The Bertz CT molecular complexity index is 381. The summed E-state index contributed by atoms with van der Waals surface area (Å²) in [6.07, 6.45) is 7.34. The monoisotopic (exact) mass is 265 g/mol. The average molecular weight is 265 g/mol. The van der Waals surface area contributed by atoms with Gasteiger partial charge in [0.05, 0.1) is 13.0 Å². The molecular formula is C15H23NO3. The highest BCUT2D eigenvalue weighted by molar-refractivity contribution is 5.93. The minimum Gasteiger partial charge on any atom is -0.447 e. The number of hydrogen-bond donors (Lipinski definition) is 0. The number of ether oxygens (including phenoxy) is 1. The standard InChI is InChI=1S/C15H23NO3/c1-3-4-5-6-8-13(2)9-7-10-14(17)16-11-12-19-15(16)18/h7H,3-6,8,10-12H2,1-2H3. The first-order valence-corrected chi connectivity index (χ1v) is 7.03. The van der Waals surface area contributed by atoms with E-state index in [0.29, 0.717) is 13.2 Å². The number of carbonyl (C=O) groups is 2.